The molecule has 70 valence electrons. The van der Waals surface area contributed by atoms with E-state index in [0.717, 1.165) is 19.0 Å². The van der Waals surface area contributed by atoms with Crippen LogP contribution in [-0.4, -0.2) is 18.9 Å². The molecule has 1 saturated heterocycles. The van der Waals surface area contributed by atoms with Crippen LogP contribution in [0.5, 0.6) is 0 Å². The summed E-state index contributed by atoms with van der Waals surface area (Å²) in [6.45, 7) is 3.61. The molecule has 3 heteroatoms. The lowest BCUT2D eigenvalue weighted by molar-refractivity contribution is 0.0988. The van der Waals surface area contributed by atoms with Crippen LogP contribution >= 0.6 is 0 Å². The second kappa shape index (κ2) is 3.24. The van der Waals surface area contributed by atoms with Crippen molar-refractivity contribution < 1.29 is 9.21 Å². The molecule has 1 aliphatic heterocycles. The van der Waals surface area contributed by atoms with Crippen LogP contribution in [0.1, 0.15) is 30.3 Å². The fraction of sp³-hybridized carbons (Fsp3) is 0.500. The third-order valence-corrected chi connectivity index (χ3v) is 2.36. The van der Waals surface area contributed by atoms with Gasteiger partial charge in [-0.3, -0.25) is 4.79 Å². The second-order valence-corrected chi connectivity index (χ2v) is 3.39. The van der Waals surface area contributed by atoms with Crippen molar-refractivity contribution in [1.82, 2.24) is 0 Å². The fourth-order valence-electron chi connectivity index (χ4n) is 1.62. The van der Waals surface area contributed by atoms with Gasteiger partial charge < -0.3 is 9.32 Å². The van der Waals surface area contributed by atoms with Gasteiger partial charge in [0.1, 0.15) is 0 Å². The lowest BCUT2D eigenvalue weighted by Gasteiger charge is -2.12. The molecule has 2 rings (SSSR count). The minimum atomic E-state index is -0.00885. The Kier molecular flexibility index (Phi) is 2.08. The zero-order chi connectivity index (χ0) is 9.26. The Morgan fingerprint density at radius 3 is 2.62 bits per heavy atom. The molecule has 0 spiro atoms. The quantitative estimate of drug-likeness (QED) is 0.652. The summed E-state index contributed by atoms with van der Waals surface area (Å²) >= 11 is 0. The van der Waals surface area contributed by atoms with E-state index in [2.05, 4.69) is 4.90 Å². The van der Waals surface area contributed by atoms with Gasteiger partial charge >= 0.3 is 0 Å². The van der Waals surface area contributed by atoms with E-state index in [-0.39, 0.29) is 5.78 Å². The van der Waals surface area contributed by atoms with E-state index in [1.807, 2.05) is 6.07 Å². The SMILES string of the molecule is CC(=O)c1ccc(N2CCCC2)o1. The van der Waals surface area contributed by atoms with Gasteiger partial charge in [-0.15, -0.1) is 0 Å². The number of Topliss-reactive ketones (excluding diaryl/α,β-unsaturated/α-hetero) is 1. The summed E-state index contributed by atoms with van der Waals surface area (Å²) < 4.78 is 5.41. The van der Waals surface area contributed by atoms with Crippen LogP contribution in [0.15, 0.2) is 16.5 Å². The lowest BCUT2D eigenvalue weighted by atomic mass is 10.3. The van der Waals surface area contributed by atoms with E-state index >= 15 is 0 Å². The summed E-state index contributed by atoms with van der Waals surface area (Å²) in [5.41, 5.74) is 0. The summed E-state index contributed by atoms with van der Waals surface area (Å²) in [6.07, 6.45) is 2.44. The molecule has 0 aromatic carbocycles. The Labute approximate surface area is 77.3 Å². The van der Waals surface area contributed by atoms with Crippen molar-refractivity contribution in [2.45, 2.75) is 19.8 Å². The van der Waals surface area contributed by atoms with Gasteiger partial charge in [0.15, 0.2) is 17.4 Å². The largest absolute Gasteiger partial charge is 0.437 e. The summed E-state index contributed by atoms with van der Waals surface area (Å²) in [4.78, 5) is 13.1. The molecule has 0 unspecified atom stereocenters. The van der Waals surface area contributed by atoms with Crippen LogP contribution in [-0.2, 0) is 0 Å². The van der Waals surface area contributed by atoms with Gasteiger partial charge in [0.2, 0.25) is 0 Å². The topological polar surface area (TPSA) is 33.5 Å². The van der Waals surface area contributed by atoms with Crippen molar-refractivity contribution >= 4 is 11.7 Å². The van der Waals surface area contributed by atoms with Crippen LogP contribution in [0, 0.1) is 0 Å². The molecule has 1 aromatic rings. The maximum absolute atomic E-state index is 11.0. The van der Waals surface area contributed by atoms with Crippen LogP contribution in [0.3, 0.4) is 0 Å². The molecule has 13 heavy (non-hydrogen) atoms. The van der Waals surface area contributed by atoms with E-state index in [1.54, 1.807) is 6.07 Å². The summed E-state index contributed by atoms with van der Waals surface area (Å²) in [5, 5.41) is 0. The Hall–Kier alpha value is -1.25. The fourth-order valence-corrected chi connectivity index (χ4v) is 1.62. The van der Waals surface area contributed by atoms with Crippen LogP contribution < -0.4 is 4.90 Å². The maximum Gasteiger partial charge on any atom is 0.196 e. The average molecular weight is 179 g/mol. The number of nitrogens with zero attached hydrogens (tertiary/aromatic N) is 1. The Balaban J connectivity index is 2.16. The molecular formula is C10H13NO2. The molecule has 0 atom stereocenters. The number of hydrogen-bond donors (Lipinski definition) is 0. The minimum Gasteiger partial charge on any atom is -0.437 e. The number of anilines is 1. The maximum atomic E-state index is 11.0. The zero-order valence-electron chi connectivity index (χ0n) is 7.75. The molecule has 0 amide bonds. The van der Waals surface area contributed by atoms with Gasteiger partial charge in [0.25, 0.3) is 0 Å². The van der Waals surface area contributed by atoms with Gasteiger partial charge in [-0.05, 0) is 18.9 Å². The molecule has 0 N–H and O–H groups in total. The van der Waals surface area contributed by atoms with Crippen LogP contribution in [0.25, 0.3) is 0 Å². The first-order chi connectivity index (χ1) is 6.27. The Morgan fingerprint density at radius 1 is 1.38 bits per heavy atom. The lowest BCUT2D eigenvalue weighted by Crippen LogP contribution is -2.16. The van der Waals surface area contributed by atoms with Crippen molar-refractivity contribution in [3.05, 3.63) is 17.9 Å². The highest BCUT2D eigenvalue weighted by Gasteiger charge is 2.16. The average Bonchev–Trinajstić information content (AvgIpc) is 2.75. The first kappa shape index (κ1) is 8.35. The predicted molar refractivity (Wildman–Crippen MR) is 50.2 cm³/mol. The standard InChI is InChI=1S/C10H13NO2/c1-8(12)9-4-5-10(13-9)11-6-2-3-7-11/h4-5H,2-3,6-7H2,1H3. The van der Waals surface area contributed by atoms with Crippen LogP contribution in [0.2, 0.25) is 0 Å². The number of hydrogen-bond acceptors (Lipinski definition) is 3. The number of furan rings is 1. The first-order valence-electron chi connectivity index (χ1n) is 4.63. The third kappa shape index (κ3) is 1.59. The Morgan fingerprint density at radius 2 is 2.08 bits per heavy atom. The number of carbonyl (C=O) groups excluding carboxylic acids is 1. The van der Waals surface area contributed by atoms with Gasteiger partial charge in [-0.2, -0.15) is 0 Å². The minimum absolute atomic E-state index is 0.00885. The first-order valence-corrected chi connectivity index (χ1v) is 4.63. The van der Waals surface area contributed by atoms with Crippen molar-refractivity contribution in [2.24, 2.45) is 0 Å². The molecular weight excluding hydrogens is 166 g/mol. The number of ketones is 1. The molecule has 0 bridgehead atoms. The molecule has 0 aliphatic carbocycles. The molecule has 2 heterocycles. The predicted octanol–water partition coefficient (Wildman–Crippen LogP) is 2.08. The van der Waals surface area contributed by atoms with E-state index in [9.17, 15) is 4.79 Å². The highest BCUT2D eigenvalue weighted by Crippen LogP contribution is 2.22. The monoisotopic (exact) mass is 179 g/mol. The van der Waals surface area contributed by atoms with Crippen molar-refractivity contribution in [3.8, 4) is 0 Å². The van der Waals surface area contributed by atoms with E-state index in [4.69, 9.17) is 4.42 Å². The highest BCUT2D eigenvalue weighted by atomic mass is 16.4. The van der Waals surface area contributed by atoms with E-state index in [0.29, 0.717) is 5.76 Å². The van der Waals surface area contributed by atoms with Gasteiger partial charge in [-0.25, -0.2) is 0 Å². The number of rotatable bonds is 2. The second-order valence-electron chi connectivity index (χ2n) is 3.39. The normalized spacial score (nSPS) is 16.5. The number of carbonyl (C=O) groups is 1. The van der Waals surface area contributed by atoms with Gasteiger partial charge in [0, 0.05) is 26.1 Å². The smallest absolute Gasteiger partial charge is 0.196 e. The van der Waals surface area contributed by atoms with E-state index in [1.165, 1.54) is 19.8 Å². The highest BCUT2D eigenvalue weighted by molar-refractivity contribution is 5.91. The van der Waals surface area contributed by atoms with Gasteiger partial charge in [0.05, 0.1) is 0 Å². The van der Waals surface area contributed by atoms with Gasteiger partial charge in [-0.1, -0.05) is 0 Å². The summed E-state index contributed by atoms with van der Waals surface area (Å²) in [5.74, 6) is 1.29. The summed E-state index contributed by atoms with van der Waals surface area (Å²) in [6, 6.07) is 3.62. The van der Waals surface area contributed by atoms with Crippen LogP contribution in [0.4, 0.5) is 5.88 Å². The summed E-state index contributed by atoms with van der Waals surface area (Å²) in [7, 11) is 0. The van der Waals surface area contributed by atoms with Crippen molar-refractivity contribution in [3.63, 3.8) is 0 Å². The molecule has 1 aliphatic rings. The molecule has 0 radical (unpaired) electrons. The molecule has 1 aromatic heterocycles. The van der Waals surface area contributed by atoms with Crippen molar-refractivity contribution in [1.29, 1.82) is 0 Å². The molecule has 3 nitrogen and oxygen atoms in total. The zero-order valence-corrected chi connectivity index (χ0v) is 7.75. The molecule has 0 saturated carbocycles. The van der Waals surface area contributed by atoms with Crippen molar-refractivity contribution in [2.75, 3.05) is 18.0 Å². The third-order valence-electron chi connectivity index (χ3n) is 2.36. The molecule has 1 fully saturated rings. The Bertz CT molecular complexity index is 310. The van der Waals surface area contributed by atoms with E-state index < -0.39 is 0 Å².